The first-order valence-corrected chi connectivity index (χ1v) is 8.26. The molecule has 0 aromatic carbocycles. The standard InChI is InChI=1S/C17H19F3N4O2/c1-22(16(26)11-23-7-3-2-4-15(23)25)8-12-5-6-14-21-13(17(18,19)20)10-24(14)9-12/h2-4,7,10,12H,5-6,8-9,11H2,1H3. The minimum absolute atomic E-state index is 0.0410. The molecule has 0 radical (unpaired) electrons. The number of carbonyl (C=O) groups excluding carboxylic acids is 1. The summed E-state index contributed by atoms with van der Waals surface area (Å²) >= 11 is 0. The fourth-order valence-corrected chi connectivity index (χ4v) is 3.15. The van der Waals surface area contributed by atoms with Gasteiger partial charge in [-0.15, -0.1) is 0 Å². The molecule has 0 saturated carbocycles. The summed E-state index contributed by atoms with van der Waals surface area (Å²) in [6.07, 6.45) is -0.758. The molecule has 0 aliphatic carbocycles. The lowest BCUT2D eigenvalue weighted by molar-refractivity contribution is -0.141. The van der Waals surface area contributed by atoms with Crippen LogP contribution in [0.15, 0.2) is 35.4 Å². The second kappa shape index (κ2) is 6.97. The van der Waals surface area contributed by atoms with Crippen LogP contribution in [0.25, 0.3) is 0 Å². The van der Waals surface area contributed by atoms with Crippen LogP contribution >= 0.6 is 0 Å². The van der Waals surface area contributed by atoms with Crippen molar-refractivity contribution < 1.29 is 18.0 Å². The van der Waals surface area contributed by atoms with Crippen molar-refractivity contribution in [3.8, 4) is 0 Å². The lowest BCUT2D eigenvalue weighted by Gasteiger charge is -2.28. The van der Waals surface area contributed by atoms with Crippen LogP contribution in [0, 0.1) is 5.92 Å². The van der Waals surface area contributed by atoms with E-state index in [2.05, 4.69) is 4.98 Å². The number of hydrogen-bond acceptors (Lipinski definition) is 3. The Labute approximate surface area is 147 Å². The second-order valence-electron chi connectivity index (χ2n) is 6.54. The summed E-state index contributed by atoms with van der Waals surface area (Å²) in [5.74, 6) is 0.253. The number of likely N-dealkylation sites (N-methyl/N-ethyl adjacent to an activating group) is 1. The van der Waals surface area contributed by atoms with Crippen molar-refractivity contribution in [3.63, 3.8) is 0 Å². The Bertz CT molecular complexity index is 856. The van der Waals surface area contributed by atoms with Crippen molar-refractivity contribution in [3.05, 3.63) is 52.5 Å². The van der Waals surface area contributed by atoms with E-state index in [1.165, 1.54) is 20.1 Å². The molecule has 26 heavy (non-hydrogen) atoms. The van der Waals surface area contributed by atoms with E-state index in [0.29, 0.717) is 31.8 Å². The van der Waals surface area contributed by atoms with Gasteiger partial charge in [0.1, 0.15) is 12.4 Å². The maximum absolute atomic E-state index is 12.8. The first-order chi connectivity index (χ1) is 12.2. The minimum Gasteiger partial charge on any atom is -0.344 e. The van der Waals surface area contributed by atoms with E-state index in [4.69, 9.17) is 0 Å². The highest BCUT2D eigenvalue weighted by molar-refractivity contribution is 5.75. The molecule has 2 aromatic heterocycles. The van der Waals surface area contributed by atoms with Gasteiger partial charge in [-0.25, -0.2) is 4.98 Å². The highest BCUT2D eigenvalue weighted by Crippen LogP contribution is 2.30. The van der Waals surface area contributed by atoms with Crippen LogP contribution in [0.5, 0.6) is 0 Å². The van der Waals surface area contributed by atoms with Crippen molar-refractivity contribution in [2.24, 2.45) is 5.92 Å². The molecule has 0 spiro atoms. The third kappa shape index (κ3) is 3.97. The number of carbonyl (C=O) groups is 1. The maximum Gasteiger partial charge on any atom is 0.434 e. The summed E-state index contributed by atoms with van der Waals surface area (Å²) in [6, 6.07) is 4.66. The first kappa shape index (κ1) is 18.2. The molecule has 6 nitrogen and oxygen atoms in total. The average Bonchev–Trinajstić information content (AvgIpc) is 3.00. The number of aryl methyl sites for hydroxylation is 1. The Morgan fingerprint density at radius 3 is 2.85 bits per heavy atom. The monoisotopic (exact) mass is 368 g/mol. The zero-order chi connectivity index (χ0) is 18.9. The molecule has 0 bridgehead atoms. The molecule has 3 rings (SSSR count). The van der Waals surface area contributed by atoms with E-state index >= 15 is 0 Å². The average molecular weight is 368 g/mol. The van der Waals surface area contributed by atoms with Gasteiger partial charge in [-0.1, -0.05) is 6.07 Å². The fraction of sp³-hybridized carbons (Fsp3) is 0.471. The van der Waals surface area contributed by atoms with Gasteiger partial charge in [0.15, 0.2) is 5.69 Å². The summed E-state index contributed by atoms with van der Waals surface area (Å²) in [5.41, 5.74) is -1.13. The van der Waals surface area contributed by atoms with E-state index in [0.717, 1.165) is 6.20 Å². The number of rotatable bonds is 4. The summed E-state index contributed by atoms with van der Waals surface area (Å²) in [5, 5.41) is 0. The Balaban J connectivity index is 1.61. The molecule has 3 heterocycles. The predicted octanol–water partition coefficient (Wildman–Crippen LogP) is 1.78. The van der Waals surface area contributed by atoms with Gasteiger partial charge >= 0.3 is 6.18 Å². The number of alkyl halides is 3. The molecular formula is C17H19F3N4O2. The first-order valence-electron chi connectivity index (χ1n) is 8.26. The Hall–Kier alpha value is -2.58. The number of imidazole rings is 1. The molecule has 1 aliphatic heterocycles. The van der Waals surface area contributed by atoms with Gasteiger partial charge in [-0.2, -0.15) is 13.2 Å². The van der Waals surface area contributed by atoms with Crippen LogP contribution in [-0.4, -0.2) is 38.5 Å². The highest BCUT2D eigenvalue weighted by atomic mass is 19.4. The van der Waals surface area contributed by atoms with Crippen molar-refractivity contribution >= 4 is 5.91 Å². The van der Waals surface area contributed by atoms with E-state index in [-0.39, 0.29) is 23.9 Å². The van der Waals surface area contributed by atoms with E-state index in [9.17, 15) is 22.8 Å². The largest absolute Gasteiger partial charge is 0.434 e. The van der Waals surface area contributed by atoms with Crippen molar-refractivity contribution in [1.29, 1.82) is 0 Å². The van der Waals surface area contributed by atoms with Crippen LogP contribution in [-0.2, 0) is 30.5 Å². The van der Waals surface area contributed by atoms with Gasteiger partial charge in [0, 0.05) is 45.0 Å². The SMILES string of the molecule is CN(CC1CCc2nc(C(F)(F)F)cn2C1)C(=O)Cn1ccccc1=O. The quantitative estimate of drug-likeness (QED) is 0.827. The van der Waals surface area contributed by atoms with Gasteiger partial charge in [0.2, 0.25) is 5.91 Å². The van der Waals surface area contributed by atoms with Gasteiger partial charge < -0.3 is 14.0 Å². The summed E-state index contributed by atoms with van der Waals surface area (Å²) in [4.78, 5) is 29.2. The lowest BCUT2D eigenvalue weighted by atomic mass is 9.99. The minimum atomic E-state index is -4.45. The molecule has 0 fully saturated rings. The highest BCUT2D eigenvalue weighted by Gasteiger charge is 2.36. The molecule has 1 amide bonds. The van der Waals surface area contributed by atoms with Crippen LogP contribution in [0.2, 0.25) is 0 Å². The molecule has 0 saturated heterocycles. The smallest absolute Gasteiger partial charge is 0.344 e. The number of hydrogen-bond donors (Lipinski definition) is 0. The van der Waals surface area contributed by atoms with Gasteiger partial charge in [0.25, 0.3) is 5.56 Å². The second-order valence-corrected chi connectivity index (χ2v) is 6.54. The third-order valence-electron chi connectivity index (χ3n) is 4.54. The molecule has 2 aromatic rings. The Morgan fingerprint density at radius 2 is 2.15 bits per heavy atom. The molecular weight excluding hydrogens is 349 g/mol. The number of halogens is 3. The van der Waals surface area contributed by atoms with Crippen molar-refractivity contribution in [2.75, 3.05) is 13.6 Å². The topological polar surface area (TPSA) is 60.1 Å². The maximum atomic E-state index is 12.8. The molecule has 140 valence electrons. The van der Waals surface area contributed by atoms with Crippen molar-refractivity contribution in [2.45, 2.75) is 32.1 Å². The predicted molar refractivity (Wildman–Crippen MR) is 87.4 cm³/mol. The van der Waals surface area contributed by atoms with Crippen LogP contribution < -0.4 is 5.56 Å². The molecule has 1 aliphatic rings. The van der Waals surface area contributed by atoms with E-state index < -0.39 is 11.9 Å². The van der Waals surface area contributed by atoms with E-state index in [1.807, 2.05) is 0 Å². The number of fused-ring (bicyclic) bond motifs is 1. The van der Waals surface area contributed by atoms with Gasteiger partial charge in [-0.05, 0) is 18.4 Å². The van der Waals surface area contributed by atoms with Crippen molar-refractivity contribution in [1.82, 2.24) is 19.0 Å². The lowest BCUT2D eigenvalue weighted by Crippen LogP contribution is -2.38. The number of nitrogens with zero attached hydrogens (tertiary/aromatic N) is 4. The zero-order valence-electron chi connectivity index (χ0n) is 14.2. The Kier molecular flexibility index (Phi) is 4.88. The Morgan fingerprint density at radius 1 is 1.38 bits per heavy atom. The number of aromatic nitrogens is 3. The molecule has 1 atom stereocenters. The molecule has 1 unspecified atom stereocenters. The normalized spacial score (nSPS) is 17.0. The fourth-order valence-electron chi connectivity index (χ4n) is 3.15. The van der Waals surface area contributed by atoms with Crippen LogP contribution in [0.3, 0.4) is 0 Å². The third-order valence-corrected chi connectivity index (χ3v) is 4.54. The summed E-state index contributed by atoms with van der Waals surface area (Å²) in [6.45, 7) is 0.748. The van der Waals surface area contributed by atoms with E-state index in [1.54, 1.807) is 25.4 Å². The summed E-state index contributed by atoms with van der Waals surface area (Å²) < 4.78 is 41.2. The van der Waals surface area contributed by atoms with Gasteiger partial charge in [0.05, 0.1) is 0 Å². The van der Waals surface area contributed by atoms with Gasteiger partial charge in [-0.3, -0.25) is 9.59 Å². The summed E-state index contributed by atoms with van der Waals surface area (Å²) in [7, 11) is 1.64. The number of amides is 1. The molecule has 0 N–H and O–H groups in total. The molecule has 9 heteroatoms. The van der Waals surface area contributed by atoms with Crippen LogP contribution in [0.4, 0.5) is 13.2 Å². The van der Waals surface area contributed by atoms with Crippen LogP contribution in [0.1, 0.15) is 17.9 Å². The zero-order valence-corrected chi connectivity index (χ0v) is 14.2. The number of pyridine rings is 1.